The molecule has 108 valence electrons. The SMILES string of the molecule is Cc1nc(S(=O)(=O)NC[C@@H](C)O)c(-c2ccccc2)s1. The zero-order chi connectivity index (χ0) is 14.8. The second kappa shape index (κ2) is 6.01. The van der Waals surface area contributed by atoms with Gasteiger partial charge >= 0.3 is 0 Å². The van der Waals surface area contributed by atoms with Gasteiger partial charge in [0.05, 0.1) is 16.0 Å². The van der Waals surface area contributed by atoms with E-state index in [1.807, 2.05) is 30.3 Å². The maximum atomic E-state index is 12.3. The fourth-order valence-electron chi connectivity index (χ4n) is 1.66. The molecule has 2 rings (SSSR count). The monoisotopic (exact) mass is 312 g/mol. The van der Waals surface area contributed by atoms with E-state index in [2.05, 4.69) is 9.71 Å². The summed E-state index contributed by atoms with van der Waals surface area (Å²) in [5, 5.41) is 9.91. The lowest BCUT2D eigenvalue weighted by Crippen LogP contribution is -2.31. The Morgan fingerprint density at radius 2 is 2.00 bits per heavy atom. The first kappa shape index (κ1) is 15.1. The predicted molar refractivity (Wildman–Crippen MR) is 79.2 cm³/mol. The third kappa shape index (κ3) is 3.43. The summed E-state index contributed by atoms with van der Waals surface area (Å²) in [5.41, 5.74) is 0.815. The Hall–Kier alpha value is -1.28. The molecule has 0 radical (unpaired) electrons. The van der Waals surface area contributed by atoms with Crippen LogP contribution in [0.25, 0.3) is 10.4 Å². The maximum Gasteiger partial charge on any atom is 0.259 e. The minimum atomic E-state index is -3.72. The fraction of sp³-hybridized carbons (Fsp3) is 0.308. The zero-order valence-electron chi connectivity index (χ0n) is 11.2. The minimum absolute atomic E-state index is 0.0202. The maximum absolute atomic E-state index is 12.3. The number of benzene rings is 1. The summed E-state index contributed by atoms with van der Waals surface area (Å²) in [6.45, 7) is 3.25. The van der Waals surface area contributed by atoms with Crippen molar-refractivity contribution in [3.63, 3.8) is 0 Å². The Bertz CT molecular complexity index is 679. The van der Waals surface area contributed by atoms with Gasteiger partial charge in [-0.25, -0.2) is 18.1 Å². The quantitative estimate of drug-likeness (QED) is 0.882. The Labute approximate surface area is 122 Å². The van der Waals surface area contributed by atoms with E-state index in [0.29, 0.717) is 9.88 Å². The summed E-state index contributed by atoms with van der Waals surface area (Å²) in [6, 6.07) is 9.27. The van der Waals surface area contributed by atoms with Gasteiger partial charge in [-0.05, 0) is 19.4 Å². The number of hydrogen-bond donors (Lipinski definition) is 2. The molecule has 0 amide bonds. The molecule has 0 aliphatic rings. The molecule has 0 aliphatic heterocycles. The van der Waals surface area contributed by atoms with Gasteiger partial charge in [0.15, 0.2) is 5.03 Å². The lowest BCUT2D eigenvalue weighted by atomic mass is 10.2. The van der Waals surface area contributed by atoms with E-state index in [1.165, 1.54) is 18.3 Å². The minimum Gasteiger partial charge on any atom is -0.392 e. The number of thiazole rings is 1. The molecule has 1 atom stereocenters. The molecule has 2 aromatic rings. The Kier molecular flexibility index (Phi) is 4.54. The molecule has 1 aromatic carbocycles. The third-order valence-corrected chi connectivity index (χ3v) is 5.06. The smallest absolute Gasteiger partial charge is 0.259 e. The molecule has 1 heterocycles. The van der Waals surface area contributed by atoms with Gasteiger partial charge in [-0.2, -0.15) is 0 Å². The van der Waals surface area contributed by atoms with Crippen molar-refractivity contribution in [2.45, 2.75) is 25.0 Å². The van der Waals surface area contributed by atoms with E-state index < -0.39 is 16.1 Å². The Morgan fingerprint density at radius 3 is 2.60 bits per heavy atom. The molecule has 1 aromatic heterocycles. The number of nitrogens with zero attached hydrogens (tertiary/aromatic N) is 1. The lowest BCUT2D eigenvalue weighted by molar-refractivity contribution is 0.198. The van der Waals surface area contributed by atoms with Crippen LogP contribution in [0.5, 0.6) is 0 Å². The zero-order valence-corrected chi connectivity index (χ0v) is 12.8. The van der Waals surface area contributed by atoms with Crippen molar-refractivity contribution in [2.24, 2.45) is 0 Å². The van der Waals surface area contributed by atoms with E-state index in [9.17, 15) is 13.5 Å². The van der Waals surface area contributed by atoms with Crippen molar-refractivity contribution >= 4 is 21.4 Å². The molecule has 0 saturated carbocycles. The van der Waals surface area contributed by atoms with Crippen molar-refractivity contribution in [1.82, 2.24) is 9.71 Å². The van der Waals surface area contributed by atoms with E-state index in [-0.39, 0.29) is 11.6 Å². The summed E-state index contributed by atoms with van der Waals surface area (Å²) in [5.74, 6) is 0. The highest BCUT2D eigenvalue weighted by Gasteiger charge is 2.24. The van der Waals surface area contributed by atoms with Gasteiger partial charge in [0.25, 0.3) is 10.0 Å². The van der Waals surface area contributed by atoms with Gasteiger partial charge in [0.1, 0.15) is 0 Å². The first-order valence-electron chi connectivity index (χ1n) is 6.11. The summed E-state index contributed by atoms with van der Waals surface area (Å²) >= 11 is 1.34. The summed E-state index contributed by atoms with van der Waals surface area (Å²) in [7, 11) is -3.72. The van der Waals surface area contributed by atoms with Gasteiger partial charge < -0.3 is 5.11 Å². The molecule has 0 spiro atoms. The molecule has 0 aliphatic carbocycles. The number of sulfonamides is 1. The van der Waals surface area contributed by atoms with Crippen LogP contribution in [-0.4, -0.2) is 31.2 Å². The second-order valence-corrected chi connectivity index (χ2v) is 7.32. The number of rotatable bonds is 5. The highest BCUT2D eigenvalue weighted by Crippen LogP contribution is 2.32. The lowest BCUT2D eigenvalue weighted by Gasteiger charge is -2.08. The van der Waals surface area contributed by atoms with Crippen LogP contribution in [0, 0.1) is 6.92 Å². The van der Waals surface area contributed by atoms with Gasteiger partial charge in [-0.1, -0.05) is 30.3 Å². The molecule has 0 saturated heterocycles. The molecule has 20 heavy (non-hydrogen) atoms. The van der Waals surface area contributed by atoms with E-state index in [4.69, 9.17) is 0 Å². The number of hydrogen-bond acceptors (Lipinski definition) is 5. The standard InChI is InChI=1S/C13H16N2O3S2/c1-9(16)8-14-20(17,18)13-12(19-10(2)15-13)11-6-4-3-5-7-11/h3-7,9,14,16H,8H2,1-2H3/t9-/m1/s1. The number of aliphatic hydroxyl groups excluding tert-OH is 1. The van der Waals surface area contributed by atoms with Crippen molar-refractivity contribution in [2.75, 3.05) is 6.54 Å². The molecule has 0 fully saturated rings. The van der Waals surface area contributed by atoms with Crippen LogP contribution in [0.2, 0.25) is 0 Å². The van der Waals surface area contributed by atoms with E-state index in [0.717, 1.165) is 5.56 Å². The van der Waals surface area contributed by atoms with Crippen LogP contribution >= 0.6 is 11.3 Å². The highest BCUT2D eigenvalue weighted by atomic mass is 32.2. The van der Waals surface area contributed by atoms with Crippen LogP contribution < -0.4 is 4.72 Å². The molecular weight excluding hydrogens is 296 g/mol. The largest absolute Gasteiger partial charge is 0.392 e. The van der Waals surface area contributed by atoms with Crippen LogP contribution in [0.3, 0.4) is 0 Å². The van der Waals surface area contributed by atoms with Crippen molar-refractivity contribution in [3.05, 3.63) is 35.3 Å². The van der Waals surface area contributed by atoms with E-state index in [1.54, 1.807) is 6.92 Å². The van der Waals surface area contributed by atoms with Crippen LogP contribution in [-0.2, 0) is 10.0 Å². The summed E-state index contributed by atoms with van der Waals surface area (Å²) < 4.78 is 26.9. The first-order valence-corrected chi connectivity index (χ1v) is 8.40. The van der Waals surface area contributed by atoms with E-state index >= 15 is 0 Å². The summed E-state index contributed by atoms with van der Waals surface area (Å²) in [4.78, 5) is 4.74. The molecule has 5 nitrogen and oxygen atoms in total. The second-order valence-electron chi connectivity index (χ2n) is 4.43. The summed E-state index contributed by atoms with van der Waals surface area (Å²) in [6.07, 6.45) is -0.746. The molecule has 7 heteroatoms. The molecule has 0 unspecified atom stereocenters. The van der Waals surface area contributed by atoms with Gasteiger partial charge in [0.2, 0.25) is 0 Å². The molecular formula is C13H16N2O3S2. The average Bonchev–Trinajstić information content (AvgIpc) is 2.81. The van der Waals surface area contributed by atoms with Crippen molar-refractivity contribution in [1.29, 1.82) is 0 Å². The fourth-order valence-corrected chi connectivity index (χ4v) is 4.21. The first-order chi connectivity index (χ1) is 9.40. The van der Waals surface area contributed by atoms with Crippen LogP contribution in [0.4, 0.5) is 0 Å². The Balaban J connectivity index is 2.43. The average molecular weight is 312 g/mol. The van der Waals surface area contributed by atoms with Gasteiger partial charge in [-0.3, -0.25) is 0 Å². The van der Waals surface area contributed by atoms with Crippen molar-refractivity contribution in [3.8, 4) is 10.4 Å². The number of nitrogens with one attached hydrogen (secondary N) is 1. The van der Waals surface area contributed by atoms with Crippen LogP contribution in [0.1, 0.15) is 11.9 Å². The third-order valence-electron chi connectivity index (χ3n) is 2.56. The van der Waals surface area contributed by atoms with Gasteiger partial charge in [-0.15, -0.1) is 11.3 Å². The Morgan fingerprint density at radius 1 is 1.35 bits per heavy atom. The molecule has 0 bridgehead atoms. The van der Waals surface area contributed by atoms with Crippen LogP contribution in [0.15, 0.2) is 35.4 Å². The van der Waals surface area contributed by atoms with Gasteiger partial charge in [0, 0.05) is 6.54 Å². The number of aromatic nitrogens is 1. The topological polar surface area (TPSA) is 79.3 Å². The number of aliphatic hydroxyl groups is 1. The predicted octanol–water partition coefficient (Wildman–Crippen LogP) is 1.78. The van der Waals surface area contributed by atoms with Crippen molar-refractivity contribution < 1.29 is 13.5 Å². The normalized spacial score (nSPS) is 13.3. The molecule has 2 N–H and O–H groups in total. The number of aryl methyl sites for hydroxylation is 1. The highest BCUT2D eigenvalue weighted by molar-refractivity contribution is 7.89.